The summed E-state index contributed by atoms with van der Waals surface area (Å²) in [4.78, 5) is 41.5. The van der Waals surface area contributed by atoms with Crippen LogP contribution in [0, 0.1) is 17.8 Å². The molecule has 3 aliphatic rings. The van der Waals surface area contributed by atoms with Crippen molar-refractivity contribution in [2.24, 2.45) is 17.8 Å². The average molecular weight is 370 g/mol. The zero-order chi connectivity index (χ0) is 19.2. The van der Waals surface area contributed by atoms with E-state index in [1.165, 1.54) is 0 Å². The predicted molar refractivity (Wildman–Crippen MR) is 99.0 cm³/mol. The van der Waals surface area contributed by atoms with Gasteiger partial charge >= 0.3 is 5.97 Å². The van der Waals surface area contributed by atoms with E-state index in [1.807, 2.05) is 25.1 Å². The topological polar surface area (TPSA) is 77.9 Å². The lowest BCUT2D eigenvalue weighted by Crippen LogP contribution is -2.56. The van der Waals surface area contributed by atoms with Crippen molar-refractivity contribution in [3.63, 3.8) is 0 Å². The quantitative estimate of drug-likeness (QED) is 0.882. The van der Waals surface area contributed by atoms with Crippen molar-refractivity contribution in [1.82, 2.24) is 9.80 Å². The summed E-state index contributed by atoms with van der Waals surface area (Å²) in [5, 5.41) is 9.58. The molecule has 0 aromatic heterocycles. The van der Waals surface area contributed by atoms with Gasteiger partial charge in [-0.15, -0.1) is 0 Å². The summed E-state index contributed by atoms with van der Waals surface area (Å²) < 4.78 is 0. The first-order chi connectivity index (χ1) is 12.9. The third-order valence-electron chi connectivity index (χ3n) is 6.56. The van der Waals surface area contributed by atoms with Gasteiger partial charge in [-0.3, -0.25) is 14.4 Å². The van der Waals surface area contributed by atoms with E-state index >= 15 is 0 Å². The molecule has 0 spiro atoms. The Bertz CT molecular complexity index is 761. The van der Waals surface area contributed by atoms with Crippen LogP contribution >= 0.6 is 0 Å². The molecule has 3 fully saturated rings. The van der Waals surface area contributed by atoms with Crippen LogP contribution in [0.3, 0.4) is 0 Å². The number of hydrogen-bond acceptors (Lipinski definition) is 3. The lowest BCUT2D eigenvalue weighted by atomic mass is 9.92. The van der Waals surface area contributed by atoms with E-state index in [1.54, 1.807) is 21.9 Å². The Kier molecular flexibility index (Phi) is 4.44. The molecule has 2 amide bonds. The normalized spacial score (nSPS) is 30.6. The summed E-state index contributed by atoms with van der Waals surface area (Å²) in [6, 6.07) is 9.04. The van der Waals surface area contributed by atoms with E-state index in [0.717, 1.165) is 19.3 Å². The molecule has 1 aromatic rings. The fourth-order valence-electron chi connectivity index (χ4n) is 4.85. The van der Waals surface area contributed by atoms with Crippen LogP contribution in [0.15, 0.2) is 30.3 Å². The highest BCUT2D eigenvalue weighted by Gasteiger charge is 2.53. The number of amides is 2. The van der Waals surface area contributed by atoms with Gasteiger partial charge in [-0.2, -0.15) is 0 Å². The first kappa shape index (κ1) is 18.0. The van der Waals surface area contributed by atoms with Crippen LogP contribution in [-0.2, 0) is 9.59 Å². The second-order valence-corrected chi connectivity index (χ2v) is 8.36. The number of carboxylic acids is 1. The Balaban J connectivity index is 1.55. The van der Waals surface area contributed by atoms with Gasteiger partial charge in [0.05, 0.1) is 5.92 Å². The minimum atomic E-state index is -0.894. The van der Waals surface area contributed by atoms with Crippen molar-refractivity contribution in [3.05, 3.63) is 35.9 Å². The van der Waals surface area contributed by atoms with Crippen LogP contribution < -0.4 is 0 Å². The summed E-state index contributed by atoms with van der Waals surface area (Å²) >= 11 is 0. The molecule has 1 N–H and O–H groups in total. The van der Waals surface area contributed by atoms with Crippen molar-refractivity contribution >= 4 is 17.8 Å². The molecular formula is C21H26N2O4. The molecule has 3 atom stereocenters. The van der Waals surface area contributed by atoms with E-state index in [4.69, 9.17) is 0 Å². The number of benzene rings is 1. The fraction of sp³-hybridized carbons (Fsp3) is 0.571. The first-order valence-corrected chi connectivity index (χ1v) is 9.81. The highest BCUT2D eigenvalue weighted by atomic mass is 16.4. The highest BCUT2D eigenvalue weighted by Crippen LogP contribution is 2.45. The first-order valence-electron chi connectivity index (χ1n) is 9.81. The van der Waals surface area contributed by atoms with E-state index in [-0.39, 0.29) is 24.3 Å². The van der Waals surface area contributed by atoms with Crippen molar-refractivity contribution in [1.29, 1.82) is 0 Å². The summed E-state index contributed by atoms with van der Waals surface area (Å²) in [6.07, 6.45) is 3.52. The van der Waals surface area contributed by atoms with Crippen LogP contribution in [0.1, 0.15) is 43.0 Å². The second-order valence-electron chi connectivity index (χ2n) is 8.36. The van der Waals surface area contributed by atoms with Gasteiger partial charge in [0.1, 0.15) is 5.54 Å². The maximum Gasteiger partial charge on any atom is 0.308 e. The van der Waals surface area contributed by atoms with Crippen LogP contribution in [0.5, 0.6) is 0 Å². The van der Waals surface area contributed by atoms with Gasteiger partial charge in [-0.25, -0.2) is 0 Å². The van der Waals surface area contributed by atoms with Gasteiger partial charge < -0.3 is 14.9 Å². The van der Waals surface area contributed by atoms with Crippen LogP contribution in [0.2, 0.25) is 0 Å². The number of likely N-dealkylation sites (tertiary alicyclic amines) is 2. The predicted octanol–water partition coefficient (Wildman–Crippen LogP) is 2.25. The molecule has 6 heteroatoms. The molecule has 0 bridgehead atoms. The molecule has 1 aliphatic carbocycles. The van der Waals surface area contributed by atoms with Gasteiger partial charge in [0.15, 0.2) is 0 Å². The fourth-order valence-corrected chi connectivity index (χ4v) is 4.85. The molecule has 144 valence electrons. The highest BCUT2D eigenvalue weighted by molar-refractivity contribution is 5.99. The summed E-state index contributed by atoms with van der Waals surface area (Å²) in [5.74, 6) is -1.03. The zero-order valence-corrected chi connectivity index (χ0v) is 15.6. The number of carbonyl (C=O) groups is 3. The Morgan fingerprint density at radius 1 is 1.11 bits per heavy atom. The van der Waals surface area contributed by atoms with Gasteiger partial charge in [0.25, 0.3) is 5.91 Å². The van der Waals surface area contributed by atoms with Crippen LogP contribution in [0.4, 0.5) is 0 Å². The molecule has 6 nitrogen and oxygen atoms in total. The molecule has 1 aromatic carbocycles. The van der Waals surface area contributed by atoms with Crippen molar-refractivity contribution in [2.45, 2.75) is 38.1 Å². The average Bonchev–Trinajstić information content (AvgIpc) is 3.29. The standard InChI is InChI=1S/C21H26N2O4/c1-21(10-5-11-23(21)18(24)15-6-3-2-4-7-15)20(27)22-12-16(14-8-9-14)17(13-22)19(25)26/h2-4,6-7,14,16-17H,5,8-13H2,1H3,(H,25,26)/t16-,17+,21?/m1/s1. The Labute approximate surface area is 159 Å². The Morgan fingerprint density at radius 2 is 1.81 bits per heavy atom. The molecule has 0 radical (unpaired) electrons. The monoisotopic (exact) mass is 370 g/mol. The molecule has 27 heavy (non-hydrogen) atoms. The number of hydrogen-bond donors (Lipinski definition) is 1. The van der Waals surface area contributed by atoms with E-state index < -0.39 is 17.4 Å². The Hall–Kier alpha value is -2.37. The smallest absolute Gasteiger partial charge is 0.308 e. The molecule has 2 saturated heterocycles. The molecular weight excluding hydrogens is 344 g/mol. The SMILES string of the molecule is CC1(C(=O)N2C[C@H](C(=O)O)[C@@H](C3CC3)C2)CCCN1C(=O)c1ccccc1. The van der Waals surface area contributed by atoms with Crippen LogP contribution in [0.25, 0.3) is 0 Å². The number of aliphatic carboxylic acids is 1. The number of nitrogens with zero attached hydrogens (tertiary/aromatic N) is 2. The second kappa shape index (κ2) is 6.66. The van der Waals surface area contributed by atoms with E-state index in [9.17, 15) is 19.5 Å². The van der Waals surface area contributed by atoms with E-state index in [2.05, 4.69) is 0 Å². The molecule has 2 aliphatic heterocycles. The number of carboxylic acid groups (broad SMARTS) is 1. The van der Waals surface area contributed by atoms with Crippen LogP contribution in [-0.4, -0.2) is 57.9 Å². The zero-order valence-electron chi connectivity index (χ0n) is 15.6. The largest absolute Gasteiger partial charge is 0.481 e. The lowest BCUT2D eigenvalue weighted by Gasteiger charge is -2.37. The molecule has 1 saturated carbocycles. The Morgan fingerprint density at radius 3 is 2.44 bits per heavy atom. The van der Waals surface area contributed by atoms with Crippen molar-refractivity contribution in [2.75, 3.05) is 19.6 Å². The minimum absolute atomic E-state index is 0.0507. The summed E-state index contributed by atoms with van der Waals surface area (Å²) in [6.45, 7) is 3.16. The van der Waals surface area contributed by atoms with Gasteiger partial charge in [0.2, 0.25) is 5.91 Å². The van der Waals surface area contributed by atoms with E-state index in [0.29, 0.717) is 31.0 Å². The lowest BCUT2D eigenvalue weighted by molar-refractivity contribution is -0.143. The van der Waals surface area contributed by atoms with Crippen molar-refractivity contribution < 1.29 is 19.5 Å². The third-order valence-corrected chi connectivity index (χ3v) is 6.56. The maximum absolute atomic E-state index is 13.4. The van der Waals surface area contributed by atoms with Gasteiger partial charge in [-0.05, 0) is 56.6 Å². The van der Waals surface area contributed by atoms with Gasteiger partial charge in [-0.1, -0.05) is 18.2 Å². The van der Waals surface area contributed by atoms with Gasteiger partial charge in [0, 0.05) is 25.2 Å². The molecule has 4 rings (SSSR count). The summed E-state index contributed by atoms with van der Waals surface area (Å²) in [7, 11) is 0. The number of carbonyl (C=O) groups excluding carboxylic acids is 2. The number of rotatable bonds is 4. The maximum atomic E-state index is 13.4. The third kappa shape index (κ3) is 3.11. The molecule has 2 heterocycles. The van der Waals surface area contributed by atoms with Crippen molar-refractivity contribution in [3.8, 4) is 0 Å². The summed E-state index contributed by atoms with van der Waals surface area (Å²) in [5.41, 5.74) is -0.312. The molecule has 1 unspecified atom stereocenters. The minimum Gasteiger partial charge on any atom is -0.481 e.